The van der Waals surface area contributed by atoms with Gasteiger partial charge in [0.25, 0.3) is 0 Å². The highest BCUT2D eigenvalue weighted by Gasteiger charge is 2.18. The Labute approximate surface area is 152 Å². The molecule has 1 heterocycles. The third kappa shape index (κ3) is 3.88. The van der Waals surface area contributed by atoms with Crippen LogP contribution in [-0.4, -0.2) is 38.7 Å². The maximum Gasteiger partial charge on any atom is 0.246 e. The van der Waals surface area contributed by atoms with Crippen molar-refractivity contribution in [1.82, 2.24) is 20.2 Å². The number of aromatic nitrogens is 4. The van der Waals surface area contributed by atoms with E-state index >= 15 is 0 Å². The lowest BCUT2D eigenvalue weighted by molar-refractivity contribution is -0.117. The lowest BCUT2D eigenvalue weighted by atomic mass is 10.2. The van der Waals surface area contributed by atoms with Crippen molar-refractivity contribution in [2.24, 2.45) is 0 Å². The van der Waals surface area contributed by atoms with Crippen molar-refractivity contribution >= 4 is 17.3 Å². The van der Waals surface area contributed by atoms with E-state index in [1.165, 1.54) is 0 Å². The summed E-state index contributed by atoms with van der Waals surface area (Å²) in [5.74, 6) is 0.712. The van der Waals surface area contributed by atoms with Gasteiger partial charge in [0.2, 0.25) is 5.91 Å². The minimum atomic E-state index is 0.00945. The minimum absolute atomic E-state index is 0.00945. The van der Waals surface area contributed by atoms with Crippen LogP contribution >= 0.6 is 0 Å². The maximum atomic E-state index is 12.8. The van der Waals surface area contributed by atoms with Gasteiger partial charge < -0.3 is 10.2 Å². The number of anilines is 2. The van der Waals surface area contributed by atoms with E-state index in [1.54, 1.807) is 9.58 Å². The number of hydrogen-bond donors (Lipinski definition) is 1. The molecule has 0 bridgehead atoms. The Morgan fingerprint density at radius 1 is 1.15 bits per heavy atom. The number of rotatable bonds is 6. The molecule has 1 aromatic heterocycles. The van der Waals surface area contributed by atoms with Gasteiger partial charge in [-0.1, -0.05) is 24.3 Å². The Morgan fingerprint density at radius 2 is 1.92 bits per heavy atom. The molecule has 2 aromatic carbocycles. The van der Waals surface area contributed by atoms with Gasteiger partial charge in [0.15, 0.2) is 5.82 Å². The number of nitrogens with zero attached hydrogens (tertiary/aromatic N) is 5. The highest BCUT2D eigenvalue weighted by Crippen LogP contribution is 2.18. The van der Waals surface area contributed by atoms with E-state index in [0.717, 1.165) is 17.1 Å². The molecule has 0 radical (unpaired) electrons. The van der Waals surface area contributed by atoms with E-state index in [0.29, 0.717) is 5.82 Å². The van der Waals surface area contributed by atoms with Gasteiger partial charge in [-0.05, 0) is 61.5 Å². The van der Waals surface area contributed by atoms with E-state index < -0.39 is 0 Å². The second-order valence-electron chi connectivity index (χ2n) is 6.23. The molecule has 0 saturated carbocycles. The Bertz CT molecular complexity index is 875. The molecule has 134 valence electrons. The second-order valence-corrected chi connectivity index (χ2v) is 6.23. The first kappa shape index (κ1) is 17.6. The summed E-state index contributed by atoms with van der Waals surface area (Å²) >= 11 is 0. The van der Waals surface area contributed by atoms with Crippen LogP contribution in [0.15, 0.2) is 54.6 Å². The van der Waals surface area contributed by atoms with Crippen LogP contribution in [0.1, 0.15) is 19.7 Å². The molecule has 7 nitrogen and oxygen atoms in total. The molecular weight excluding hydrogens is 328 g/mol. The van der Waals surface area contributed by atoms with Crippen LogP contribution < -0.4 is 10.2 Å². The van der Waals surface area contributed by atoms with Crippen molar-refractivity contribution in [1.29, 1.82) is 0 Å². The summed E-state index contributed by atoms with van der Waals surface area (Å²) in [5.41, 5.74) is 2.57. The molecule has 26 heavy (non-hydrogen) atoms. The number of carbonyl (C=O) groups excluding carboxylic acids is 1. The molecule has 0 aliphatic carbocycles. The van der Waals surface area contributed by atoms with Gasteiger partial charge in [-0.15, -0.1) is 5.10 Å². The highest BCUT2D eigenvalue weighted by molar-refractivity contribution is 5.96. The zero-order valence-electron chi connectivity index (χ0n) is 15.1. The molecule has 0 fully saturated rings. The zero-order chi connectivity index (χ0) is 18.5. The molecule has 7 heteroatoms. The molecule has 0 unspecified atom stereocenters. The lowest BCUT2D eigenvalue weighted by Gasteiger charge is -2.27. The van der Waals surface area contributed by atoms with Gasteiger partial charge in [0, 0.05) is 17.4 Å². The number of aryl methyl sites for hydroxylation is 1. The number of nitrogens with one attached hydrogen (secondary N) is 1. The van der Waals surface area contributed by atoms with Gasteiger partial charge in [0.1, 0.15) is 0 Å². The van der Waals surface area contributed by atoms with Crippen LogP contribution in [0.5, 0.6) is 0 Å². The average molecular weight is 350 g/mol. The predicted octanol–water partition coefficient (Wildman–Crippen LogP) is 2.82. The summed E-state index contributed by atoms with van der Waals surface area (Å²) in [6, 6.07) is 17.4. The van der Waals surface area contributed by atoms with Gasteiger partial charge in [0.05, 0.1) is 12.2 Å². The topological polar surface area (TPSA) is 75.9 Å². The first-order valence-electron chi connectivity index (χ1n) is 8.52. The molecule has 0 spiro atoms. The number of carbonyl (C=O) groups is 1. The van der Waals surface area contributed by atoms with Crippen molar-refractivity contribution < 1.29 is 4.79 Å². The standard InChI is InChI=1S/C19H22N6O/c1-14(2)24(17-9-5-4-6-10-17)19(26)13-20-16-8-7-11-18(12-16)25-15(3)21-22-23-25/h4-12,14,20H,13H2,1-3H3. The summed E-state index contributed by atoms with van der Waals surface area (Å²) in [5, 5.41) is 14.7. The van der Waals surface area contributed by atoms with Crippen LogP contribution in [-0.2, 0) is 4.79 Å². The van der Waals surface area contributed by atoms with E-state index in [4.69, 9.17) is 0 Å². The summed E-state index contributed by atoms with van der Waals surface area (Å²) in [6.45, 7) is 6.05. The van der Waals surface area contributed by atoms with Crippen molar-refractivity contribution in [2.75, 3.05) is 16.8 Å². The Hall–Kier alpha value is -3.22. The van der Waals surface area contributed by atoms with Crippen molar-refractivity contribution in [3.63, 3.8) is 0 Å². The van der Waals surface area contributed by atoms with E-state index in [1.807, 2.05) is 75.4 Å². The van der Waals surface area contributed by atoms with Gasteiger partial charge in [-0.25, -0.2) is 0 Å². The van der Waals surface area contributed by atoms with E-state index in [-0.39, 0.29) is 18.5 Å². The Kier molecular flexibility index (Phi) is 5.26. The number of tetrazole rings is 1. The van der Waals surface area contributed by atoms with Crippen LogP contribution in [0.2, 0.25) is 0 Å². The van der Waals surface area contributed by atoms with Crippen LogP contribution in [0.3, 0.4) is 0 Å². The molecule has 1 amide bonds. The number of hydrogen-bond acceptors (Lipinski definition) is 5. The summed E-state index contributed by atoms with van der Waals surface area (Å²) in [7, 11) is 0. The molecule has 0 aliphatic rings. The van der Waals surface area contributed by atoms with Gasteiger partial charge in [-0.3, -0.25) is 4.79 Å². The van der Waals surface area contributed by atoms with Gasteiger partial charge >= 0.3 is 0 Å². The third-order valence-corrected chi connectivity index (χ3v) is 3.98. The quantitative estimate of drug-likeness (QED) is 0.740. The molecule has 0 saturated heterocycles. The second kappa shape index (κ2) is 7.77. The first-order chi connectivity index (χ1) is 12.6. The summed E-state index contributed by atoms with van der Waals surface area (Å²) in [6.07, 6.45) is 0. The first-order valence-corrected chi connectivity index (χ1v) is 8.52. The number of benzene rings is 2. The minimum Gasteiger partial charge on any atom is -0.376 e. The molecular formula is C19H22N6O. The highest BCUT2D eigenvalue weighted by atomic mass is 16.2. The molecule has 1 N–H and O–H groups in total. The largest absolute Gasteiger partial charge is 0.376 e. The number of para-hydroxylation sites is 1. The van der Waals surface area contributed by atoms with Gasteiger partial charge in [-0.2, -0.15) is 4.68 Å². The average Bonchev–Trinajstić information content (AvgIpc) is 3.07. The Balaban J connectivity index is 1.72. The smallest absolute Gasteiger partial charge is 0.246 e. The van der Waals surface area contributed by atoms with Crippen molar-refractivity contribution in [3.8, 4) is 5.69 Å². The fourth-order valence-corrected chi connectivity index (χ4v) is 2.80. The SMILES string of the molecule is Cc1nnnn1-c1cccc(NCC(=O)N(c2ccccc2)C(C)C)c1. The van der Waals surface area contributed by atoms with E-state index in [9.17, 15) is 4.79 Å². The van der Waals surface area contributed by atoms with Crippen LogP contribution in [0, 0.1) is 6.92 Å². The van der Waals surface area contributed by atoms with Crippen molar-refractivity contribution in [3.05, 3.63) is 60.4 Å². The molecule has 3 aromatic rings. The van der Waals surface area contributed by atoms with Crippen LogP contribution in [0.25, 0.3) is 5.69 Å². The number of amides is 1. The summed E-state index contributed by atoms with van der Waals surface area (Å²) < 4.78 is 1.65. The molecule has 0 aliphatic heterocycles. The predicted molar refractivity (Wildman–Crippen MR) is 101 cm³/mol. The molecule has 3 rings (SSSR count). The monoisotopic (exact) mass is 350 g/mol. The fourth-order valence-electron chi connectivity index (χ4n) is 2.80. The lowest BCUT2D eigenvalue weighted by Crippen LogP contribution is -2.40. The third-order valence-electron chi connectivity index (χ3n) is 3.98. The maximum absolute atomic E-state index is 12.8. The van der Waals surface area contributed by atoms with Crippen molar-refractivity contribution in [2.45, 2.75) is 26.8 Å². The van der Waals surface area contributed by atoms with Crippen LogP contribution in [0.4, 0.5) is 11.4 Å². The summed E-state index contributed by atoms with van der Waals surface area (Å²) in [4.78, 5) is 14.5. The zero-order valence-corrected chi connectivity index (χ0v) is 15.1. The molecule has 0 atom stereocenters. The normalized spacial score (nSPS) is 10.8. The van der Waals surface area contributed by atoms with E-state index in [2.05, 4.69) is 20.8 Å². The Morgan fingerprint density at radius 3 is 2.58 bits per heavy atom. The fraction of sp³-hybridized carbons (Fsp3) is 0.263.